The minimum absolute atomic E-state index is 0.169. The van der Waals surface area contributed by atoms with Gasteiger partial charge in [0, 0.05) is 18.7 Å². The average Bonchev–Trinajstić information content (AvgIpc) is 2.47. The Bertz CT molecular complexity index is 382. The third kappa shape index (κ3) is 6.15. The first kappa shape index (κ1) is 16.6. The van der Waals surface area contributed by atoms with Gasteiger partial charge in [0.1, 0.15) is 0 Å². The Morgan fingerprint density at radius 2 is 1.55 bits per heavy atom. The summed E-state index contributed by atoms with van der Waals surface area (Å²) in [4.78, 5) is 12.8. The summed E-state index contributed by atoms with van der Waals surface area (Å²) in [5.74, 6) is 0. The van der Waals surface area contributed by atoms with Crippen molar-refractivity contribution in [2.45, 2.75) is 46.0 Å². The van der Waals surface area contributed by atoms with Crippen LogP contribution >= 0.6 is 0 Å². The van der Waals surface area contributed by atoms with Crippen molar-refractivity contribution in [3.63, 3.8) is 0 Å². The van der Waals surface area contributed by atoms with Gasteiger partial charge in [-0.15, -0.1) is 0 Å². The van der Waals surface area contributed by atoms with E-state index < -0.39 is 0 Å². The number of benzene rings is 1. The molecule has 0 aliphatic heterocycles. The van der Waals surface area contributed by atoms with Crippen molar-refractivity contribution < 1.29 is 4.92 Å². The summed E-state index contributed by atoms with van der Waals surface area (Å²) in [6, 6.07) is 6.93. The molecule has 0 saturated carbocycles. The monoisotopic (exact) mass is 278 g/mol. The Kier molecular flexibility index (Phi) is 7.88. The Morgan fingerprint density at radius 3 is 2.00 bits per heavy atom. The fourth-order valence-electron chi connectivity index (χ4n) is 2.17. The molecule has 4 nitrogen and oxygen atoms in total. The lowest BCUT2D eigenvalue weighted by molar-refractivity contribution is -0.384. The molecule has 0 bridgehead atoms. The summed E-state index contributed by atoms with van der Waals surface area (Å²) < 4.78 is 0. The zero-order valence-corrected chi connectivity index (χ0v) is 12.7. The van der Waals surface area contributed by atoms with Crippen molar-refractivity contribution in [1.29, 1.82) is 0 Å². The molecule has 20 heavy (non-hydrogen) atoms. The normalized spacial score (nSPS) is 10.9. The van der Waals surface area contributed by atoms with Crippen molar-refractivity contribution >= 4 is 5.69 Å². The van der Waals surface area contributed by atoms with Gasteiger partial charge >= 0.3 is 0 Å². The van der Waals surface area contributed by atoms with Gasteiger partial charge in [0.05, 0.1) is 4.92 Å². The van der Waals surface area contributed by atoms with E-state index in [1.165, 1.54) is 31.2 Å². The third-order valence-corrected chi connectivity index (χ3v) is 3.52. The minimum atomic E-state index is -0.349. The second-order valence-electron chi connectivity index (χ2n) is 5.22. The van der Waals surface area contributed by atoms with Gasteiger partial charge in [0.25, 0.3) is 5.69 Å². The van der Waals surface area contributed by atoms with E-state index in [0.29, 0.717) is 0 Å². The molecular weight excluding hydrogens is 252 g/mol. The van der Waals surface area contributed by atoms with Crippen molar-refractivity contribution in [3.8, 4) is 0 Å². The van der Waals surface area contributed by atoms with Crippen molar-refractivity contribution in [2.75, 3.05) is 19.6 Å². The molecular formula is C16H26N2O2. The van der Waals surface area contributed by atoms with Crippen LogP contribution in [-0.2, 0) is 6.42 Å². The lowest BCUT2D eigenvalue weighted by Gasteiger charge is -2.21. The highest BCUT2D eigenvalue weighted by Crippen LogP contribution is 2.13. The average molecular weight is 278 g/mol. The SMILES string of the molecule is CCCCN(CCCC)CCc1ccc([N+](=O)[O-])cc1. The summed E-state index contributed by atoms with van der Waals surface area (Å²) in [6.45, 7) is 7.79. The van der Waals surface area contributed by atoms with Crippen molar-refractivity contribution in [2.24, 2.45) is 0 Å². The lowest BCUT2D eigenvalue weighted by atomic mass is 10.1. The summed E-state index contributed by atoms with van der Waals surface area (Å²) in [5.41, 5.74) is 1.34. The molecule has 0 fully saturated rings. The molecule has 1 rings (SSSR count). The quantitative estimate of drug-likeness (QED) is 0.479. The zero-order chi connectivity index (χ0) is 14.8. The molecule has 0 unspecified atom stereocenters. The lowest BCUT2D eigenvalue weighted by Crippen LogP contribution is -2.28. The number of hydrogen-bond acceptors (Lipinski definition) is 3. The van der Waals surface area contributed by atoms with Crippen molar-refractivity contribution in [3.05, 3.63) is 39.9 Å². The van der Waals surface area contributed by atoms with Gasteiger partial charge in [-0.2, -0.15) is 0 Å². The maximum Gasteiger partial charge on any atom is 0.269 e. The van der Waals surface area contributed by atoms with E-state index in [9.17, 15) is 10.1 Å². The largest absolute Gasteiger partial charge is 0.303 e. The smallest absolute Gasteiger partial charge is 0.269 e. The summed E-state index contributed by atoms with van der Waals surface area (Å²) in [6.07, 6.45) is 5.89. The molecule has 4 heteroatoms. The Labute approximate surface area is 121 Å². The number of nitro groups is 1. The van der Waals surface area contributed by atoms with Crippen LogP contribution in [0.15, 0.2) is 24.3 Å². The molecule has 0 spiro atoms. The number of nitro benzene ring substituents is 1. The first-order valence-electron chi connectivity index (χ1n) is 7.63. The van der Waals surface area contributed by atoms with Gasteiger partial charge in [-0.3, -0.25) is 10.1 Å². The highest BCUT2D eigenvalue weighted by Gasteiger charge is 2.06. The molecule has 1 aromatic carbocycles. The highest BCUT2D eigenvalue weighted by atomic mass is 16.6. The van der Waals surface area contributed by atoms with Crippen molar-refractivity contribution in [1.82, 2.24) is 4.90 Å². The molecule has 0 aliphatic carbocycles. The maximum absolute atomic E-state index is 10.6. The third-order valence-electron chi connectivity index (χ3n) is 3.52. The van der Waals surface area contributed by atoms with Crippen LogP contribution in [0.3, 0.4) is 0 Å². The van der Waals surface area contributed by atoms with E-state index in [2.05, 4.69) is 18.7 Å². The van der Waals surface area contributed by atoms with Crippen LogP contribution in [-0.4, -0.2) is 29.5 Å². The van der Waals surface area contributed by atoms with E-state index in [1.807, 2.05) is 12.1 Å². The highest BCUT2D eigenvalue weighted by molar-refractivity contribution is 5.32. The van der Waals surface area contributed by atoms with Crippen LogP contribution in [0.2, 0.25) is 0 Å². The standard InChI is InChI=1S/C16H26N2O2/c1-3-5-12-17(13-6-4-2)14-11-15-7-9-16(10-8-15)18(19)20/h7-10H,3-6,11-14H2,1-2H3. The van der Waals surface area contributed by atoms with Gasteiger partial charge in [-0.1, -0.05) is 38.8 Å². The number of rotatable bonds is 10. The summed E-state index contributed by atoms with van der Waals surface area (Å²) in [7, 11) is 0. The van der Waals surface area contributed by atoms with E-state index in [4.69, 9.17) is 0 Å². The second-order valence-corrected chi connectivity index (χ2v) is 5.22. The number of non-ortho nitro benzene ring substituents is 1. The van der Waals surface area contributed by atoms with E-state index >= 15 is 0 Å². The second kappa shape index (κ2) is 9.48. The Morgan fingerprint density at radius 1 is 1.00 bits per heavy atom. The maximum atomic E-state index is 10.6. The molecule has 0 atom stereocenters. The van der Waals surface area contributed by atoms with Crippen LogP contribution in [0.25, 0.3) is 0 Å². The molecule has 0 aliphatic rings. The molecule has 0 aromatic heterocycles. The molecule has 0 amide bonds. The minimum Gasteiger partial charge on any atom is -0.303 e. The number of hydrogen-bond donors (Lipinski definition) is 0. The first-order chi connectivity index (χ1) is 9.67. The number of nitrogens with zero attached hydrogens (tertiary/aromatic N) is 2. The fourth-order valence-corrected chi connectivity index (χ4v) is 2.17. The predicted octanol–water partition coefficient (Wildman–Crippen LogP) is 4.04. The van der Waals surface area contributed by atoms with Crippen LogP contribution in [0.4, 0.5) is 5.69 Å². The van der Waals surface area contributed by atoms with E-state index in [0.717, 1.165) is 26.1 Å². The Hall–Kier alpha value is -1.42. The van der Waals surface area contributed by atoms with Crippen LogP contribution in [0.1, 0.15) is 45.1 Å². The number of unbranched alkanes of at least 4 members (excludes halogenated alkanes) is 2. The van der Waals surface area contributed by atoms with Crippen LogP contribution < -0.4 is 0 Å². The zero-order valence-electron chi connectivity index (χ0n) is 12.7. The van der Waals surface area contributed by atoms with Gasteiger partial charge in [-0.25, -0.2) is 0 Å². The van der Waals surface area contributed by atoms with Crippen LogP contribution in [0.5, 0.6) is 0 Å². The molecule has 0 N–H and O–H groups in total. The van der Waals surface area contributed by atoms with Gasteiger partial charge in [-0.05, 0) is 37.9 Å². The van der Waals surface area contributed by atoms with Gasteiger partial charge in [0.15, 0.2) is 0 Å². The predicted molar refractivity (Wildman–Crippen MR) is 83.1 cm³/mol. The fraction of sp³-hybridized carbons (Fsp3) is 0.625. The van der Waals surface area contributed by atoms with E-state index in [1.54, 1.807) is 12.1 Å². The molecule has 0 saturated heterocycles. The van der Waals surface area contributed by atoms with Crippen LogP contribution in [0, 0.1) is 10.1 Å². The Balaban J connectivity index is 2.46. The van der Waals surface area contributed by atoms with Gasteiger partial charge < -0.3 is 4.90 Å². The first-order valence-corrected chi connectivity index (χ1v) is 7.63. The summed E-state index contributed by atoms with van der Waals surface area (Å²) in [5, 5.41) is 10.6. The molecule has 0 heterocycles. The topological polar surface area (TPSA) is 46.4 Å². The van der Waals surface area contributed by atoms with Gasteiger partial charge in [0.2, 0.25) is 0 Å². The van der Waals surface area contributed by atoms with E-state index in [-0.39, 0.29) is 10.6 Å². The molecule has 0 radical (unpaired) electrons. The molecule has 1 aromatic rings. The molecule has 112 valence electrons. The summed E-state index contributed by atoms with van der Waals surface area (Å²) >= 11 is 0.